The van der Waals surface area contributed by atoms with Crippen molar-refractivity contribution in [2.75, 3.05) is 5.32 Å². The Morgan fingerprint density at radius 2 is 1.75 bits per heavy atom. The molecule has 0 aliphatic heterocycles. The van der Waals surface area contributed by atoms with E-state index in [4.69, 9.17) is 27.4 Å². The van der Waals surface area contributed by atoms with Crippen LogP contribution in [0, 0.1) is 18.3 Å². The van der Waals surface area contributed by atoms with E-state index in [2.05, 4.69) is 5.32 Å². The van der Waals surface area contributed by atoms with Gasteiger partial charge in [0.1, 0.15) is 22.3 Å². The lowest BCUT2D eigenvalue weighted by molar-refractivity contribution is -0.112. The summed E-state index contributed by atoms with van der Waals surface area (Å²) >= 11 is 12.1. The maximum atomic E-state index is 12.7. The van der Waals surface area contributed by atoms with E-state index in [0.717, 1.165) is 5.56 Å². The van der Waals surface area contributed by atoms with Crippen LogP contribution in [0.15, 0.2) is 77.2 Å². The molecule has 3 aromatic rings. The zero-order chi connectivity index (χ0) is 23.3. The SMILES string of the molecule is Cc1ccc(S(=O)(=O)Oc2ccc(Cl)cc2/C=C(\C#N)C(=O)Nc2ccccc2Cl)cc1. The molecule has 0 fully saturated rings. The van der Waals surface area contributed by atoms with Crippen LogP contribution >= 0.6 is 23.2 Å². The molecule has 32 heavy (non-hydrogen) atoms. The molecule has 162 valence electrons. The lowest BCUT2D eigenvalue weighted by Crippen LogP contribution is -2.14. The molecule has 0 bridgehead atoms. The standard InChI is InChI=1S/C23H16Cl2N2O4S/c1-15-6-9-19(10-7-15)32(29,30)31-22-11-8-18(24)13-16(22)12-17(14-26)23(28)27-21-5-3-2-4-20(21)25/h2-13H,1H3,(H,27,28)/b17-12+. The van der Waals surface area contributed by atoms with Gasteiger partial charge in [-0.2, -0.15) is 13.7 Å². The number of nitriles is 1. The Bertz CT molecular complexity index is 1350. The first-order valence-electron chi connectivity index (χ1n) is 9.18. The summed E-state index contributed by atoms with van der Waals surface area (Å²) in [6.07, 6.45) is 1.19. The van der Waals surface area contributed by atoms with E-state index < -0.39 is 16.0 Å². The molecule has 1 N–H and O–H groups in total. The molecule has 0 aliphatic carbocycles. The number of carbonyl (C=O) groups excluding carboxylic acids is 1. The van der Waals surface area contributed by atoms with Gasteiger partial charge < -0.3 is 9.50 Å². The average Bonchev–Trinajstić information content (AvgIpc) is 2.75. The Labute approximate surface area is 195 Å². The number of benzene rings is 3. The number of anilines is 1. The van der Waals surface area contributed by atoms with Gasteiger partial charge in [0.2, 0.25) is 0 Å². The van der Waals surface area contributed by atoms with Crippen molar-refractivity contribution in [3.05, 3.63) is 93.5 Å². The van der Waals surface area contributed by atoms with E-state index >= 15 is 0 Å². The highest BCUT2D eigenvalue weighted by molar-refractivity contribution is 7.87. The minimum Gasteiger partial charge on any atom is -0.378 e. The summed E-state index contributed by atoms with van der Waals surface area (Å²) < 4.78 is 30.6. The number of halogens is 2. The van der Waals surface area contributed by atoms with Gasteiger partial charge in [0.15, 0.2) is 0 Å². The van der Waals surface area contributed by atoms with Crippen LogP contribution < -0.4 is 9.50 Å². The van der Waals surface area contributed by atoms with Crippen molar-refractivity contribution in [3.63, 3.8) is 0 Å². The number of aryl methyl sites for hydroxylation is 1. The van der Waals surface area contributed by atoms with Crippen LogP contribution in [-0.4, -0.2) is 14.3 Å². The van der Waals surface area contributed by atoms with Crippen molar-refractivity contribution in [3.8, 4) is 11.8 Å². The number of nitrogens with zero attached hydrogens (tertiary/aromatic N) is 1. The molecule has 3 rings (SSSR count). The number of hydrogen-bond acceptors (Lipinski definition) is 5. The second-order valence-electron chi connectivity index (χ2n) is 6.64. The minimum atomic E-state index is -4.16. The number of nitrogens with one attached hydrogen (secondary N) is 1. The molecule has 6 nitrogen and oxygen atoms in total. The third kappa shape index (κ3) is 5.68. The molecule has 0 atom stereocenters. The average molecular weight is 487 g/mol. The largest absolute Gasteiger partial charge is 0.378 e. The van der Waals surface area contributed by atoms with E-state index in [9.17, 15) is 18.5 Å². The van der Waals surface area contributed by atoms with Crippen molar-refractivity contribution in [1.82, 2.24) is 0 Å². The van der Waals surface area contributed by atoms with Crippen molar-refractivity contribution in [2.24, 2.45) is 0 Å². The molecule has 0 heterocycles. The van der Waals surface area contributed by atoms with E-state index in [1.54, 1.807) is 42.5 Å². The highest BCUT2D eigenvalue weighted by Crippen LogP contribution is 2.29. The van der Waals surface area contributed by atoms with Crippen LogP contribution in [0.1, 0.15) is 11.1 Å². The molecule has 0 saturated heterocycles. The maximum Gasteiger partial charge on any atom is 0.339 e. The summed E-state index contributed by atoms with van der Waals surface area (Å²) in [6.45, 7) is 1.83. The van der Waals surface area contributed by atoms with Gasteiger partial charge in [-0.1, -0.05) is 53.0 Å². The Kier molecular flexibility index (Phi) is 7.21. The van der Waals surface area contributed by atoms with Gasteiger partial charge in [0, 0.05) is 10.6 Å². The van der Waals surface area contributed by atoms with Crippen molar-refractivity contribution >= 4 is 51.0 Å². The molecule has 0 saturated carbocycles. The van der Waals surface area contributed by atoms with E-state index in [-0.39, 0.29) is 26.8 Å². The monoisotopic (exact) mass is 486 g/mol. The first-order valence-corrected chi connectivity index (χ1v) is 11.3. The molecule has 0 aromatic heterocycles. The summed E-state index contributed by atoms with van der Waals surface area (Å²) in [4.78, 5) is 12.5. The van der Waals surface area contributed by atoms with Gasteiger partial charge >= 0.3 is 10.1 Å². The van der Waals surface area contributed by atoms with Gasteiger partial charge in [0.25, 0.3) is 5.91 Å². The predicted molar refractivity (Wildman–Crippen MR) is 124 cm³/mol. The quantitative estimate of drug-likeness (QED) is 0.277. The Morgan fingerprint density at radius 1 is 1.06 bits per heavy atom. The smallest absolute Gasteiger partial charge is 0.339 e. The molecule has 0 aliphatic rings. The zero-order valence-electron chi connectivity index (χ0n) is 16.7. The molecule has 1 amide bonds. The Balaban J connectivity index is 1.95. The molecule has 3 aromatic carbocycles. The van der Waals surface area contributed by atoms with Gasteiger partial charge in [-0.3, -0.25) is 4.79 Å². The van der Waals surface area contributed by atoms with Crippen LogP contribution in [0.5, 0.6) is 5.75 Å². The highest BCUT2D eigenvalue weighted by atomic mass is 35.5. The summed E-state index contributed by atoms with van der Waals surface area (Å²) in [7, 11) is -4.16. The number of para-hydroxylation sites is 1. The Hall–Kier alpha value is -3.31. The van der Waals surface area contributed by atoms with E-state index in [1.165, 1.54) is 36.4 Å². The zero-order valence-corrected chi connectivity index (χ0v) is 19.0. The molecular formula is C23H16Cl2N2O4S. The molecule has 0 unspecified atom stereocenters. The lowest BCUT2D eigenvalue weighted by Gasteiger charge is -2.11. The predicted octanol–water partition coefficient (Wildman–Crippen LogP) is 5.62. The third-order valence-corrected chi connectivity index (χ3v) is 6.08. The van der Waals surface area contributed by atoms with Crippen LogP contribution in [0.25, 0.3) is 6.08 Å². The van der Waals surface area contributed by atoms with Crippen LogP contribution in [-0.2, 0) is 14.9 Å². The normalized spacial score (nSPS) is 11.5. The number of rotatable bonds is 6. The summed E-state index contributed by atoms with van der Waals surface area (Å²) in [5, 5.41) is 12.6. The fourth-order valence-electron chi connectivity index (χ4n) is 2.64. The van der Waals surface area contributed by atoms with Crippen molar-refractivity contribution < 1.29 is 17.4 Å². The van der Waals surface area contributed by atoms with E-state index in [1.807, 2.05) is 6.92 Å². The third-order valence-electron chi connectivity index (χ3n) is 4.27. The Morgan fingerprint density at radius 3 is 2.41 bits per heavy atom. The second kappa shape index (κ2) is 9.88. The fraction of sp³-hybridized carbons (Fsp3) is 0.0435. The van der Waals surface area contributed by atoms with Gasteiger partial charge in [-0.25, -0.2) is 0 Å². The number of carbonyl (C=O) groups is 1. The topological polar surface area (TPSA) is 96.3 Å². The number of amides is 1. The van der Waals surface area contributed by atoms with Crippen LogP contribution in [0.4, 0.5) is 5.69 Å². The molecule has 0 spiro atoms. The van der Waals surface area contributed by atoms with Gasteiger partial charge in [-0.15, -0.1) is 0 Å². The minimum absolute atomic E-state index is 0.0371. The summed E-state index contributed by atoms with van der Waals surface area (Å²) in [6, 6.07) is 18.7. The first kappa shape index (κ1) is 23.4. The highest BCUT2D eigenvalue weighted by Gasteiger charge is 2.19. The lowest BCUT2D eigenvalue weighted by atomic mass is 10.1. The fourth-order valence-corrected chi connectivity index (χ4v) is 3.95. The van der Waals surface area contributed by atoms with Crippen molar-refractivity contribution in [2.45, 2.75) is 11.8 Å². The summed E-state index contributed by atoms with van der Waals surface area (Å²) in [5.74, 6) is -0.818. The van der Waals surface area contributed by atoms with Crippen LogP contribution in [0.2, 0.25) is 10.0 Å². The first-order chi connectivity index (χ1) is 15.2. The second-order valence-corrected chi connectivity index (χ2v) is 9.03. The van der Waals surface area contributed by atoms with Gasteiger partial charge in [0.05, 0.1) is 10.7 Å². The molecular weight excluding hydrogens is 471 g/mol. The van der Waals surface area contributed by atoms with Gasteiger partial charge in [-0.05, 0) is 55.5 Å². The van der Waals surface area contributed by atoms with E-state index in [0.29, 0.717) is 10.7 Å². The van der Waals surface area contributed by atoms with Crippen molar-refractivity contribution in [1.29, 1.82) is 5.26 Å². The summed E-state index contributed by atoms with van der Waals surface area (Å²) in [5.41, 5.74) is 1.05. The molecule has 0 radical (unpaired) electrons. The maximum absolute atomic E-state index is 12.7. The molecule has 9 heteroatoms. The number of hydrogen-bond donors (Lipinski definition) is 1. The van der Waals surface area contributed by atoms with Crippen LogP contribution in [0.3, 0.4) is 0 Å².